The summed E-state index contributed by atoms with van der Waals surface area (Å²) in [5.41, 5.74) is 0. The molecule has 0 saturated carbocycles. The lowest BCUT2D eigenvalue weighted by molar-refractivity contribution is -0.132. The molecular formula is C13H24N2O2. The molecule has 2 heterocycles. The summed E-state index contributed by atoms with van der Waals surface area (Å²) in [6, 6.07) is 0. The molecule has 0 aromatic rings. The quantitative estimate of drug-likeness (QED) is 0.725. The van der Waals surface area contributed by atoms with Crippen LogP contribution in [0.1, 0.15) is 32.6 Å². The van der Waals surface area contributed by atoms with Crippen molar-refractivity contribution in [2.24, 2.45) is 0 Å². The van der Waals surface area contributed by atoms with Gasteiger partial charge in [0.25, 0.3) is 0 Å². The second-order valence-electron chi connectivity index (χ2n) is 5.34. The van der Waals surface area contributed by atoms with Crippen LogP contribution in [0, 0.1) is 0 Å². The molecule has 0 atom stereocenters. The van der Waals surface area contributed by atoms with Gasteiger partial charge in [-0.05, 0) is 32.7 Å². The lowest BCUT2D eigenvalue weighted by atomic mass is 10.0. The topological polar surface area (TPSA) is 32.8 Å². The number of hydrogen-bond donors (Lipinski definition) is 0. The van der Waals surface area contributed by atoms with E-state index in [0.717, 1.165) is 51.9 Å². The number of ether oxygens (including phenoxy) is 1. The number of piperidine rings is 2. The average molecular weight is 240 g/mol. The predicted octanol–water partition coefficient (Wildman–Crippen LogP) is 1.11. The number of hydrogen-bond acceptors (Lipinski definition) is 3. The van der Waals surface area contributed by atoms with E-state index >= 15 is 0 Å². The first-order valence-electron chi connectivity index (χ1n) is 6.74. The van der Waals surface area contributed by atoms with Crippen molar-refractivity contribution in [3.8, 4) is 0 Å². The standard InChI is InChI=1S/C13H24N2O2/c1-11(16)15-9-5-13(6-10-15)17-12-3-7-14(2)8-4-12/h12-13H,3-10H2,1-2H3. The molecule has 2 rings (SSSR count). The minimum atomic E-state index is 0.197. The molecule has 2 fully saturated rings. The zero-order valence-electron chi connectivity index (χ0n) is 11.0. The summed E-state index contributed by atoms with van der Waals surface area (Å²) in [5, 5.41) is 0. The largest absolute Gasteiger partial charge is 0.375 e. The normalized spacial score (nSPS) is 25.2. The van der Waals surface area contributed by atoms with Crippen molar-refractivity contribution in [3.05, 3.63) is 0 Å². The molecule has 0 bridgehead atoms. The van der Waals surface area contributed by atoms with Gasteiger partial charge >= 0.3 is 0 Å². The van der Waals surface area contributed by atoms with Gasteiger partial charge < -0.3 is 14.5 Å². The van der Waals surface area contributed by atoms with Crippen molar-refractivity contribution < 1.29 is 9.53 Å². The summed E-state index contributed by atoms with van der Waals surface area (Å²) >= 11 is 0. The Labute approximate surface area is 104 Å². The lowest BCUT2D eigenvalue weighted by Crippen LogP contribution is -2.42. The van der Waals surface area contributed by atoms with Crippen molar-refractivity contribution in [3.63, 3.8) is 0 Å². The molecule has 2 aliphatic rings. The molecule has 0 N–H and O–H groups in total. The number of amides is 1. The van der Waals surface area contributed by atoms with Gasteiger partial charge in [0.05, 0.1) is 12.2 Å². The predicted molar refractivity (Wildman–Crippen MR) is 66.9 cm³/mol. The van der Waals surface area contributed by atoms with E-state index in [4.69, 9.17) is 4.74 Å². The molecule has 4 nitrogen and oxygen atoms in total. The van der Waals surface area contributed by atoms with E-state index in [1.807, 2.05) is 4.90 Å². The zero-order chi connectivity index (χ0) is 12.3. The van der Waals surface area contributed by atoms with Gasteiger partial charge in [0.2, 0.25) is 5.91 Å². The number of rotatable bonds is 2. The first-order chi connectivity index (χ1) is 8.15. The van der Waals surface area contributed by atoms with Gasteiger partial charge in [0.15, 0.2) is 0 Å². The molecule has 0 unspecified atom stereocenters. The van der Waals surface area contributed by atoms with Crippen molar-refractivity contribution in [1.82, 2.24) is 9.80 Å². The SMILES string of the molecule is CC(=O)N1CCC(OC2CCN(C)CC2)CC1. The van der Waals surface area contributed by atoms with Crippen LogP contribution in [0.3, 0.4) is 0 Å². The summed E-state index contributed by atoms with van der Waals surface area (Å²) in [6.45, 7) is 5.69. The van der Waals surface area contributed by atoms with Gasteiger partial charge in [0, 0.05) is 33.1 Å². The Morgan fingerprint density at radius 1 is 1.00 bits per heavy atom. The Kier molecular flexibility index (Phi) is 4.40. The van der Waals surface area contributed by atoms with Crippen molar-refractivity contribution in [1.29, 1.82) is 0 Å². The highest BCUT2D eigenvalue weighted by Gasteiger charge is 2.25. The molecule has 0 radical (unpaired) electrons. The Balaban J connectivity index is 1.69. The monoisotopic (exact) mass is 240 g/mol. The van der Waals surface area contributed by atoms with Crippen LogP contribution in [-0.2, 0) is 9.53 Å². The van der Waals surface area contributed by atoms with Crippen molar-refractivity contribution >= 4 is 5.91 Å². The van der Waals surface area contributed by atoms with E-state index in [1.165, 1.54) is 0 Å². The highest BCUT2D eigenvalue weighted by molar-refractivity contribution is 5.73. The fourth-order valence-electron chi connectivity index (χ4n) is 2.70. The lowest BCUT2D eigenvalue weighted by Gasteiger charge is -2.36. The maximum absolute atomic E-state index is 11.2. The van der Waals surface area contributed by atoms with E-state index in [1.54, 1.807) is 6.92 Å². The van der Waals surface area contributed by atoms with Crippen LogP contribution in [-0.4, -0.2) is 61.1 Å². The minimum absolute atomic E-state index is 0.197. The maximum Gasteiger partial charge on any atom is 0.219 e. The first kappa shape index (κ1) is 12.8. The summed E-state index contributed by atoms with van der Waals surface area (Å²) in [4.78, 5) is 15.5. The molecule has 0 aromatic carbocycles. The van der Waals surface area contributed by atoms with Crippen LogP contribution in [0.15, 0.2) is 0 Å². The highest BCUT2D eigenvalue weighted by atomic mass is 16.5. The van der Waals surface area contributed by atoms with Gasteiger partial charge in [-0.25, -0.2) is 0 Å². The van der Waals surface area contributed by atoms with E-state index in [0.29, 0.717) is 12.2 Å². The minimum Gasteiger partial charge on any atom is -0.375 e. The molecular weight excluding hydrogens is 216 g/mol. The van der Waals surface area contributed by atoms with E-state index in [2.05, 4.69) is 11.9 Å². The zero-order valence-corrected chi connectivity index (χ0v) is 11.0. The molecule has 0 aliphatic carbocycles. The van der Waals surface area contributed by atoms with Crippen LogP contribution < -0.4 is 0 Å². The fraction of sp³-hybridized carbons (Fsp3) is 0.923. The fourth-order valence-corrected chi connectivity index (χ4v) is 2.70. The van der Waals surface area contributed by atoms with Gasteiger partial charge in [-0.2, -0.15) is 0 Å². The van der Waals surface area contributed by atoms with Gasteiger partial charge in [-0.15, -0.1) is 0 Å². The molecule has 2 saturated heterocycles. The second-order valence-corrected chi connectivity index (χ2v) is 5.34. The smallest absolute Gasteiger partial charge is 0.219 e. The molecule has 0 spiro atoms. The van der Waals surface area contributed by atoms with Gasteiger partial charge in [-0.3, -0.25) is 4.79 Å². The second kappa shape index (κ2) is 5.83. The van der Waals surface area contributed by atoms with E-state index < -0.39 is 0 Å². The number of carbonyl (C=O) groups is 1. The Hall–Kier alpha value is -0.610. The molecule has 2 aliphatic heterocycles. The third kappa shape index (κ3) is 3.68. The van der Waals surface area contributed by atoms with Crippen LogP contribution in [0.5, 0.6) is 0 Å². The van der Waals surface area contributed by atoms with E-state index in [-0.39, 0.29) is 5.91 Å². The Bertz CT molecular complexity index is 254. The third-order valence-corrected chi connectivity index (χ3v) is 3.94. The Morgan fingerprint density at radius 3 is 1.94 bits per heavy atom. The van der Waals surface area contributed by atoms with Crippen LogP contribution in [0.25, 0.3) is 0 Å². The number of likely N-dealkylation sites (tertiary alicyclic amines) is 2. The average Bonchev–Trinajstić information content (AvgIpc) is 2.33. The Morgan fingerprint density at radius 2 is 1.47 bits per heavy atom. The summed E-state index contributed by atoms with van der Waals surface area (Å²) in [5.74, 6) is 0.197. The van der Waals surface area contributed by atoms with E-state index in [9.17, 15) is 4.79 Å². The van der Waals surface area contributed by atoms with Crippen LogP contribution in [0.4, 0.5) is 0 Å². The maximum atomic E-state index is 11.2. The molecule has 98 valence electrons. The van der Waals surface area contributed by atoms with Crippen molar-refractivity contribution in [2.75, 3.05) is 33.2 Å². The van der Waals surface area contributed by atoms with Crippen LogP contribution >= 0.6 is 0 Å². The van der Waals surface area contributed by atoms with Crippen molar-refractivity contribution in [2.45, 2.75) is 44.8 Å². The summed E-state index contributed by atoms with van der Waals surface area (Å²) in [7, 11) is 2.17. The summed E-state index contributed by atoms with van der Waals surface area (Å²) < 4.78 is 6.14. The van der Waals surface area contributed by atoms with Crippen LogP contribution in [0.2, 0.25) is 0 Å². The van der Waals surface area contributed by atoms with Gasteiger partial charge in [0.1, 0.15) is 0 Å². The molecule has 0 aromatic heterocycles. The number of carbonyl (C=O) groups excluding carboxylic acids is 1. The molecule has 1 amide bonds. The number of nitrogens with zero attached hydrogens (tertiary/aromatic N) is 2. The summed E-state index contributed by atoms with van der Waals surface area (Å²) in [6.07, 6.45) is 5.14. The first-order valence-corrected chi connectivity index (χ1v) is 6.74. The molecule has 17 heavy (non-hydrogen) atoms. The third-order valence-electron chi connectivity index (χ3n) is 3.94. The highest BCUT2D eigenvalue weighted by Crippen LogP contribution is 2.20. The van der Waals surface area contributed by atoms with Gasteiger partial charge in [-0.1, -0.05) is 0 Å². The molecule has 4 heteroatoms.